The van der Waals surface area contributed by atoms with Gasteiger partial charge in [0, 0.05) is 12.7 Å². The number of aryl methyl sites for hydroxylation is 1. The highest BCUT2D eigenvalue weighted by molar-refractivity contribution is 5.78. The minimum Gasteiger partial charge on any atom is -0.395 e. The Balaban J connectivity index is 2.75. The van der Waals surface area contributed by atoms with E-state index in [4.69, 9.17) is 5.11 Å². The van der Waals surface area contributed by atoms with Gasteiger partial charge in [0.2, 0.25) is 5.91 Å². The zero-order valence-corrected chi connectivity index (χ0v) is 10.4. The van der Waals surface area contributed by atoms with Crippen LogP contribution in [0.5, 0.6) is 0 Å². The Morgan fingerprint density at radius 1 is 1.47 bits per heavy atom. The molecule has 0 aliphatic carbocycles. The Labute approximate surface area is 108 Å². The third-order valence-corrected chi connectivity index (χ3v) is 2.53. The Morgan fingerprint density at radius 3 is 2.68 bits per heavy atom. The first-order valence-corrected chi connectivity index (χ1v) is 5.69. The van der Waals surface area contributed by atoms with Crippen LogP contribution < -0.4 is 0 Å². The van der Waals surface area contributed by atoms with Crippen molar-refractivity contribution in [2.45, 2.75) is 19.5 Å². The van der Waals surface area contributed by atoms with E-state index >= 15 is 0 Å². The average molecular weight is 276 g/mol. The molecule has 0 aliphatic rings. The molecule has 0 unspecified atom stereocenters. The maximum absolute atomic E-state index is 12.3. The lowest BCUT2D eigenvalue weighted by Crippen LogP contribution is -2.41. The van der Waals surface area contributed by atoms with Crippen molar-refractivity contribution in [3.05, 3.63) is 29.6 Å². The predicted molar refractivity (Wildman–Crippen MR) is 62.4 cm³/mol. The van der Waals surface area contributed by atoms with E-state index in [0.29, 0.717) is 10.6 Å². The van der Waals surface area contributed by atoms with E-state index in [1.807, 2.05) is 0 Å². The molecular formula is C12H15F3N2O2. The van der Waals surface area contributed by atoms with Gasteiger partial charge in [0.05, 0.1) is 18.7 Å². The van der Waals surface area contributed by atoms with E-state index in [2.05, 4.69) is 4.98 Å². The predicted octanol–water partition coefficient (Wildman–Crippen LogP) is 1.32. The lowest BCUT2D eigenvalue weighted by Gasteiger charge is -2.23. The summed E-state index contributed by atoms with van der Waals surface area (Å²) in [5.74, 6) is -0.701. The summed E-state index contributed by atoms with van der Waals surface area (Å²) in [5.41, 5.74) is 1.18. The maximum Gasteiger partial charge on any atom is 0.406 e. The van der Waals surface area contributed by atoms with Crippen molar-refractivity contribution in [2.24, 2.45) is 0 Å². The molecule has 4 nitrogen and oxygen atoms in total. The number of carbonyl (C=O) groups is 1. The van der Waals surface area contributed by atoms with Crippen molar-refractivity contribution < 1.29 is 23.1 Å². The zero-order chi connectivity index (χ0) is 14.5. The highest BCUT2D eigenvalue weighted by Gasteiger charge is 2.32. The largest absolute Gasteiger partial charge is 0.406 e. The first kappa shape index (κ1) is 15.4. The molecule has 0 atom stereocenters. The molecule has 1 N–H and O–H groups in total. The molecule has 0 saturated heterocycles. The standard InChI is InChI=1S/C12H15F3N2O2/c1-9-3-2-4-16-10(9)7-11(19)17(5-6-18)8-12(13,14)15/h2-4,18H,5-8H2,1H3. The number of amides is 1. The van der Waals surface area contributed by atoms with Gasteiger partial charge in [0.25, 0.3) is 0 Å². The van der Waals surface area contributed by atoms with E-state index in [1.54, 1.807) is 19.1 Å². The summed E-state index contributed by atoms with van der Waals surface area (Å²) < 4.78 is 36.9. The minimum atomic E-state index is -4.48. The van der Waals surface area contributed by atoms with Crippen molar-refractivity contribution >= 4 is 5.91 Å². The van der Waals surface area contributed by atoms with Gasteiger partial charge in [-0.2, -0.15) is 13.2 Å². The molecule has 1 rings (SSSR count). The van der Waals surface area contributed by atoms with Gasteiger partial charge in [-0.05, 0) is 18.6 Å². The fourth-order valence-electron chi connectivity index (χ4n) is 1.59. The lowest BCUT2D eigenvalue weighted by molar-refractivity contribution is -0.161. The van der Waals surface area contributed by atoms with E-state index in [-0.39, 0.29) is 13.0 Å². The van der Waals surface area contributed by atoms with Crippen LogP contribution in [0.15, 0.2) is 18.3 Å². The second-order valence-corrected chi connectivity index (χ2v) is 4.10. The van der Waals surface area contributed by atoms with Crippen LogP contribution in [0.2, 0.25) is 0 Å². The lowest BCUT2D eigenvalue weighted by atomic mass is 10.1. The maximum atomic E-state index is 12.3. The smallest absolute Gasteiger partial charge is 0.395 e. The van der Waals surface area contributed by atoms with Gasteiger partial charge in [-0.1, -0.05) is 6.07 Å². The molecule has 0 spiro atoms. The number of aromatic nitrogens is 1. The summed E-state index contributed by atoms with van der Waals surface area (Å²) in [6, 6.07) is 3.42. The zero-order valence-electron chi connectivity index (χ0n) is 10.4. The van der Waals surface area contributed by atoms with Crippen molar-refractivity contribution in [3.8, 4) is 0 Å². The van der Waals surface area contributed by atoms with Gasteiger partial charge in [-0.25, -0.2) is 0 Å². The van der Waals surface area contributed by atoms with Crippen LogP contribution in [0.4, 0.5) is 13.2 Å². The van der Waals surface area contributed by atoms with Crippen molar-refractivity contribution in [2.75, 3.05) is 19.7 Å². The Bertz CT molecular complexity index is 435. The fourth-order valence-corrected chi connectivity index (χ4v) is 1.59. The molecule has 1 heterocycles. The number of halogens is 3. The van der Waals surface area contributed by atoms with Crippen LogP contribution in [-0.4, -0.2) is 46.8 Å². The van der Waals surface area contributed by atoms with Gasteiger partial charge in [-0.15, -0.1) is 0 Å². The Hall–Kier alpha value is -1.63. The highest BCUT2D eigenvalue weighted by atomic mass is 19.4. The number of aliphatic hydroxyl groups is 1. The topological polar surface area (TPSA) is 53.4 Å². The van der Waals surface area contributed by atoms with Crippen LogP contribution in [0.25, 0.3) is 0 Å². The Kier molecular flexibility index (Phi) is 5.29. The minimum absolute atomic E-state index is 0.206. The Morgan fingerprint density at radius 2 is 2.16 bits per heavy atom. The molecule has 106 valence electrons. The molecule has 19 heavy (non-hydrogen) atoms. The molecule has 1 amide bonds. The molecule has 1 aromatic heterocycles. The number of hydrogen-bond acceptors (Lipinski definition) is 3. The summed E-state index contributed by atoms with van der Waals surface area (Å²) in [5, 5.41) is 8.73. The highest BCUT2D eigenvalue weighted by Crippen LogP contribution is 2.17. The molecule has 0 saturated carbocycles. The van der Waals surface area contributed by atoms with E-state index < -0.39 is 25.2 Å². The van der Waals surface area contributed by atoms with E-state index in [1.165, 1.54) is 6.20 Å². The van der Waals surface area contributed by atoms with Crippen LogP contribution in [0.3, 0.4) is 0 Å². The molecule has 0 bridgehead atoms. The second-order valence-electron chi connectivity index (χ2n) is 4.10. The first-order valence-electron chi connectivity index (χ1n) is 5.69. The van der Waals surface area contributed by atoms with Crippen molar-refractivity contribution in [1.29, 1.82) is 0 Å². The number of alkyl halides is 3. The molecule has 7 heteroatoms. The molecular weight excluding hydrogens is 261 g/mol. The monoisotopic (exact) mass is 276 g/mol. The summed E-state index contributed by atoms with van der Waals surface area (Å²) in [6.45, 7) is -0.485. The van der Waals surface area contributed by atoms with Crippen LogP contribution >= 0.6 is 0 Å². The third kappa shape index (κ3) is 5.25. The fraction of sp³-hybridized carbons (Fsp3) is 0.500. The first-order chi connectivity index (χ1) is 8.83. The van der Waals surface area contributed by atoms with Crippen LogP contribution in [0, 0.1) is 6.92 Å². The van der Waals surface area contributed by atoms with Gasteiger partial charge < -0.3 is 10.0 Å². The quantitative estimate of drug-likeness (QED) is 0.882. The van der Waals surface area contributed by atoms with E-state index in [9.17, 15) is 18.0 Å². The molecule has 0 aliphatic heterocycles. The van der Waals surface area contributed by atoms with Gasteiger partial charge in [0.15, 0.2) is 0 Å². The average Bonchev–Trinajstić information content (AvgIpc) is 2.30. The molecule has 0 aromatic carbocycles. The number of hydrogen-bond donors (Lipinski definition) is 1. The number of nitrogens with zero attached hydrogens (tertiary/aromatic N) is 2. The van der Waals surface area contributed by atoms with E-state index in [0.717, 1.165) is 5.56 Å². The summed E-state index contributed by atoms with van der Waals surface area (Å²) in [4.78, 5) is 16.4. The number of carbonyl (C=O) groups excluding carboxylic acids is 1. The molecule has 0 fully saturated rings. The summed E-state index contributed by atoms with van der Waals surface area (Å²) in [7, 11) is 0. The number of aliphatic hydroxyl groups excluding tert-OH is 1. The van der Waals surface area contributed by atoms with Gasteiger partial charge in [0.1, 0.15) is 6.54 Å². The summed E-state index contributed by atoms with van der Waals surface area (Å²) in [6.07, 6.45) is -3.21. The second kappa shape index (κ2) is 6.51. The number of rotatable bonds is 5. The summed E-state index contributed by atoms with van der Waals surface area (Å²) >= 11 is 0. The van der Waals surface area contributed by atoms with Crippen molar-refractivity contribution in [3.63, 3.8) is 0 Å². The van der Waals surface area contributed by atoms with Crippen LogP contribution in [0.1, 0.15) is 11.3 Å². The van der Waals surface area contributed by atoms with Crippen molar-refractivity contribution in [1.82, 2.24) is 9.88 Å². The molecule has 0 radical (unpaired) electrons. The number of pyridine rings is 1. The SMILES string of the molecule is Cc1cccnc1CC(=O)N(CCO)CC(F)(F)F. The van der Waals surface area contributed by atoms with Gasteiger partial charge >= 0.3 is 6.18 Å². The van der Waals surface area contributed by atoms with Gasteiger partial charge in [-0.3, -0.25) is 9.78 Å². The van der Waals surface area contributed by atoms with Crippen LogP contribution in [-0.2, 0) is 11.2 Å². The third-order valence-electron chi connectivity index (χ3n) is 2.53. The molecule has 1 aromatic rings. The normalized spacial score (nSPS) is 11.4.